The lowest BCUT2D eigenvalue weighted by Crippen LogP contribution is -2.64. The van der Waals surface area contributed by atoms with Crippen molar-refractivity contribution in [1.29, 1.82) is 0 Å². The first-order chi connectivity index (χ1) is 17.1. The zero-order valence-electron chi connectivity index (χ0n) is 18.8. The highest BCUT2D eigenvalue weighted by Crippen LogP contribution is 2.56. The lowest BCUT2D eigenvalue weighted by molar-refractivity contribution is -0.160. The van der Waals surface area contributed by atoms with Gasteiger partial charge in [0.1, 0.15) is 22.8 Å². The molecule has 1 amide bonds. The summed E-state index contributed by atoms with van der Waals surface area (Å²) in [7, 11) is 0. The van der Waals surface area contributed by atoms with E-state index in [1.807, 2.05) is 30.3 Å². The van der Waals surface area contributed by atoms with Gasteiger partial charge in [0.25, 0.3) is 5.91 Å². The highest BCUT2D eigenvalue weighted by Gasteiger charge is 2.65. The van der Waals surface area contributed by atoms with Crippen LogP contribution in [0.15, 0.2) is 70.3 Å². The van der Waals surface area contributed by atoms with E-state index in [9.17, 15) is 39.9 Å². The van der Waals surface area contributed by atoms with Crippen molar-refractivity contribution in [3.63, 3.8) is 0 Å². The van der Waals surface area contributed by atoms with Gasteiger partial charge >= 0.3 is 0 Å². The van der Waals surface area contributed by atoms with Crippen LogP contribution in [0, 0.1) is 11.8 Å². The molecule has 186 valence electrons. The minimum atomic E-state index is -2.85. The number of carbonyl (C=O) groups excluding carboxylic acids is 3. The fraction of sp³-hybridized carbons (Fsp3) is 0.269. The molecule has 1 saturated carbocycles. The van der Waals surface area contributed by atoms with E-state index in [1.54, 1.807) is 12.1 Å². The number of primary amides is 1. The Labute approximate surface area is 209 Å². The molecule has 0 unspecified atom stereocenters. The number of fused-ring (bicyclic) bond motifs is 3. The summed E-state index contributed by atoms with van der Waals surface area (Å²) in [6.07, 6.45) is -2.18. The van der Waals surface area contributed by atoms with Gasteiger partial charge in [-0.2, -0.15) is 0 Å². The van der Waals surface area contributed by atoms with E-state index in [1.165, 1.54) is 17.8 Å². The smallest absolute Gasteiger partial charge is 0.255 e. The number of hydrogen-bond acceptors (Lipinski definition) is 9. The van der Waals surface area contributed by atoms with Gasteiger partial charge in [0.15, 0.2) is 11.4 Å². The van der Waals surface area contributed by atoms with Crippen LogP contribution in [0.25, 0.3) is 5.76 Å². The van der Waals surface area contributed by atoms with Crippen LogP contribution in [-0.4, -0.2) is 60.5 Å². The molecule has 0 radical (unpaired) electrons. The maximum atomic E-state index is 13.8. The van der Waals surface area contributed by atoms with Crippen LogP contribution >= 0.6 is 11.8 Å². The maximum absolute atomic E-state index is 13.8. The van der Waals surface area contributed by atoms with E-state index >= 15 is 0 Å². The molecule has 3 aliphatic carbocycles. The van der Waals surface area contributed by atoms with Gasteiger partial charge in [-0.15, -0.1) is 11.8 Å². The summed E-state index contributed by atoms with van der Waals surface area (Å²) in [6, 6.07) is 13.9. The number of phenols is 1. The Balaban J connectivity index is 1.70. The predicted octanol–water partition coefficient (Wildman–Crippen LogP) is 1.73. The van der Waals surface area contributed by atoms with Crippen LogP contribution in [0.2, 0.25) is 0 Å². The lowest BCUT2D eigenvalue weighted by Gasteiger charge is -2.50. The Morgan fingerprint density at radius 1 is 1.06 bits per heavy atom. The largest absolute Gasteiger partial charge is 0.508 e. The second kappa shape index (κ2) is 8.51. The molecule has 0 heterocycles. The average molecular weight is 510 g/mol. The Kier molecular flexibility index (Phi) is 5.70. The number of benzene rings is 2. The molecular weight excluding hydrogens is 486 g/mol. The molecule has 0 aliphatic heterocycles. The fourth-order valence-corrected chi connectivity index (χ4v) is 6.79. The maximum Gasteiger partial charge on any atom is 0.255 e. The van der Waals surface area contributed by atoms with Gasteiger partial charge in [0.2, 0.25) is 5.78 Å². The number of ketones is 2. The Morgan fingerprint density at radius 3 is 2.42 bits per heavy atom. The van der Waals surface area contributed by atoms with Crippen LogP contribution in [0.1, 0.15) is 23.5 Å². The quantitative estimate of drug-likeness (QED) is 0.264. The molecule has 5 rings (SSSR count). The van der Waals surface area contributed by atoms with Gasteiger partial charge in [0.05, 0.1) is 11.7 Å². The Bertz CT molecular complexity index is 1370. The Hall–Kier alpha value is -3.60. The molecule has 0 bridgehead atoms. The molecule has 0 aromatic heterocycles. The standard InChI is InChI=1S/C26H23NO8S/c27-25(34)19-16(29)9-14-21(30)18-13(10-36-11-5-2-1-3-6-11)12-7-4-8-15(28)17(12)22(31)20(18)24(33)26(14,35)23(19)32/h1-8,13-14,18,21,28,30-32,35H,9-10H2,(H2,27,34)/t13-,14+,18+,21+,26+/m0/s1. The zero-order chi connectivity index (χ0) is 25.9. The zero-order valence-corrected chi connectivity index (χ0v) is 19.6. The summed E-state index contributed by atoms with van der Waals surface area (Å²) >= 11 is 1.43. The molecule has 2 aromatic carbocycles. The van der Waals surface area contributed by atoms with Crippen molar-refractivity contribution in [2.75, 3.05) is 5.75 Å². The second-order valence-electron chi connectivity index (χ2n) is 9.17. The van der Waals surface area contributed by atoms with Crippen molar-refractivity contribution in [2.45, 2.75) is 28.9 Å². The number of aliphatic hydroxyl groups is 4. The third-order valence-electron chi connectivity index (χ3n) is 7.34. The first kappa shape index (κ1) is 24.1. The molecule has 7 N–H and O–H groups in total. The first-order valence-electron chi connectivity index (χ1n) is 11.2. The number of Topliss-reactive ketones (excluding diaryl/α,β-unsaturated/α-hetero) is 2. The van der Waals surface area contributed by atoms with E-state index in [4.69, 9.17) is 5.73 Å². The van der Waals surface area contributed by atoms with Gasteiger partial charge in [-0.25, -0.2) is 0 Å². The predicted molar refractivity (Wildman–Crippen MR) is 129 cm³/mol. The number of carbonyl (C=O) groups is 3. The van der Waals surface area contributed by atoms with Crippen molar-refractivity contribution < 1.29 is 39.9 Å². The van der Waals surface area contributed by atoms with E-state index in [2.05, 4.69) is 0 Å². The van der Waals surface area contributed by atoms with Crippen LogP contribution in [0.3, 0.4) is 0 Å². The summed E-state index contributed by atoms with van der Waals surface area (Å²) in [5.74, 6) is -8.42. The third-order valence-corrected chi connectivity index (χ3v) is 8.47. The van der Waals surface area contributed by atoms with Crippen molar-refractivity contribution in [2.24, 2.45) is 17.6 Å². The van der Waals surface area contributed by atoms with Gasteiger partial charge in [-0.1, -0.05) is 30.3 Å². The van der Waals surface area contributed by atoms with Crippen LogP contribution in [-0.2, 0) is 14.4 Å². The monoisotopic (exact) mass is 509 g/mol. The topological polar surface area (TPSA) is 178 Å². The van der Waals surface area contributed by atoms with Gasteiger partial charge in [-0.3, -0.25) is 14.4 Å². The van der Waals surface area contributed by atoms with E-state index in [0.29, 0.717) is 11.3 Å². The molecule has 36 heavy (non-hydrogen) atoms. The summed E-state index contributed by atoms with van der Waals surface area (Å²) in [5.41, 5.74) is 1.52. The number of phenolic OH excluding ortho intramolecular Hbond substituents is 1. The minimum Gasteiger partial charge on any atom is -0.508 e. The lowest BCUT2D eigenvalue weighted by atomic mass is 9.55. The summed E-state index contributed by atoms with van der Waals surface area (Å²) in [4.78, 5) is 39.1. The molecule has 0 spiro atoms. The highest BCUT2D eigenvalue weighted by atomic mass is 32.2. The number of aliphatic hydroxyl groups excluding tert-OH is 3. The molecular formula is C26H23NO8S. The van der Waals surface area contributed by atoms with Crippen molar-refractivity contribution in [1.82, 2.24) is 0 Å². The molecule has 10 heteroatoms. The number of rotatable bonds is 4. The molecule has 1 fully saturated rings. The van der Waals surface area contributed by atoms with Crippen LogP contribution < -0.4 is 5.73 Å². The van der Waals surface area contributed by atoms with Gasteiger partial charge in [-0.05, 0) is 23.8 Å². The number of nitrogens with two attached hydrogens (primary N) is 1. The molecule has 3 aliphatic rings. The second-order valence-corrected chi connectivity index (χ2v) is 10.3. The number of aromatic hydroxyl groups is 1. The molecule has 9 nitrogen and oxygen atoms in total. The highest BCUT2D eigenvalue weighted by molar-refractivity contribution is 7.99. The summed E-state index contributed by atoms with van der Waals surface area (Å²) in [6.45, 7) is 0. The van der Waals surface area contributed by atoms with Gasteiger partial charge < -0.3 is 31.3 Å². The molecule has 5 atom stereocenters. The van der Waals surface area contributed by atoms with Crippen LogP contribution in [0.4, 0.5) is 0 Å². The number of hydrogen-bond donors (Lipinski definition) is 6. The number of amides is 1. The summed E-state index contributed by atoms with van der Waals surface area (Å²) in [5, 5.41) is 55.3. The number of thioether (sulfide) groups is 1. The van der Waals surface area contributed by atoms with Crippen molar-refractivity contribution >= 4 is 35.0 Å². The van der Waals surface area contributed by atoms with E-state index in [-0.39, 0.29) is 11.3 Å². The normalized spacial score (nSPS) is 29.5. The van der Waals surface area contributed by atoms with Gasteiger partial charge in [0, 0.05) is 40.4 Å². The first-order valence-corrected chi connectivity index (χ1v) is 12.2. The fourth-order valence-electron chi connectivity index (χ4n) is 5.68. The average Bonchev–Trinajstić information content (AvgIpc) is 2.84. The SMILES string of the molecule is NC(=O)C1=C(O)[C@@]2(O)C(=O)C3=C(O)c4c(O)cccc4[C@H](CSc4ccccc4)[C@H]3[C@H](O)[C@H]2CC1=O. The Morgan fingerprint density at radius 2 is 1.75 bits per heavy atom. The molecule has 0 saturated heterocycles. The third kappa shape index (κ3) is 3.29. The van der Waals surface area contributed by atoms with Crippen LogP contribution in [0.5, 0.6) is 5.75 Å². The summed E-state index contributed by atoms with van der Waals surface area (Å²) < 4.78 is 0. The van der Waals surface area contributed by atoms with Crippen molar-refractivity contribution in [3.05, 3.63) is 76.6 Å². The molecule has 2 aromatic rings. The van der Waals surface area contributed by atoms with Crippen molar-refractivity contribution in [3.8, 4) is 5.75 Å². The van der Waals surface area contributed by atoms with E-state index < -0.39 is 76.0 Å². The minimum absolute atomic E-state index is 0.0181. The van der Waals surface area contributed by atoms with E-state index in [0.717, 1.165) is 4.90 Å².